The fourth-order valence-electron chi connectivity index (χ4n) is 2.24. The fourth-order valence-corrected chi connectivity index (χ4v) is 2.40. The summed E-state index contributed by atoms with van der Waals surface area (Å²) < 4.78 is 0. The molecular weight excluding hydrogens is 297 g/mol. The van der Waals surface area contributed by atoms with Gasteiger partial charge in [-0.2, -0.15) is 0 Å². The van der Waals surface area contributed by atoms with Crippen molar-refractivity contribution < 1.29 is 4.79 Å². The minimum absolute atomic E-state index is 0. The van der Waals surface area contributed by atoms with Gasteiger partial charge in [0.05, 0.1) is 10.7 Å². The van der Waals surface area contributed by atoms with E-state index in [4.69, 9.17) is 11.6 Å². The Labute approximate surface area is 131 Å². The van der Waals surface area contributed by atoms with Gasteiger partial charge in [-0.25, -0.2) is 4.79 Å². The summed E-state index contributed by atoms with van der Waals surface area (Å²) in [5, 5.41) is 9.57. The van der Waals surface area contributed by atoms with Crippen LogP contribution in [-0.4, -0.2) is 25.7 Å². The summed E-state index contributed by atoms with van der Waals surface area (Å²) in [6.45, 7) is 4.72. The zero-order valence-corrected chi connectivity index (χ0v) is 13.1. The van der Waals surface area contributed by atoms with E-state index in [1.165, 1.54) is 12.8 Å². The van der Waals surface area contributed by atoms with Gasteiger partial charge in [0.15, 0.2) is 0 Å². The van der Waals surface area contributed by atoms with E-state index in [0.29, 0.717) is 23.2 Å². The van der Waals surface area contributed by atoms with Crippen molar-refractivity contribution >= 4 is 35.7 Å². The minimum Gasteiger partial charge on any atom is -0.338 e. The Morgan fingerprint density at radius 3 is 3.00 bits per heavy atom. The van der Waals surface area contributed by atoms with Gasteiger partial charge in [-0.1, -0.05) is 17.7 Å². The van der Waals surface area contributed by atoms with Crippen LogP contribution in [0.15, 0.2) is 18.2 Å². The van der Waals surface area contributed by atoms with Crippen LogP contribution in [0.3, 0.4) is 0 Å². The average Bonchev–Trinajstić information content (AvgIpc) is 2.42. The number of piperidine rings is 1. The number of anilines is 1. The molecular formula is C14H21Cl2N3O. The van der Waals surface area contributed by atoms with Crippen LogP contribution in [0.25, 0.3) is 0 Å². The van der Waals surface area contributed by atoms with Gasteiger partial charge in [-0.15, -0.1) is 12.4 Å². The number of hydrogen-bond donors (Lipinski definition) is 3. The lowest BCUT2D eigenvalue weighted by molar-refractivity contribution is 0.248. The summed E-state index contributed by atoms with van der Waals surface area (Å²) in [4.78, 5) is 11.8. The molecule has 1 heterocycles. The summed E-state index contributed by atoms with van der Waals surface area (Å²) >= 11 is 6.04. The van der Waals surface area contributed by atoms with Crippen molar-refractivity contribution in [2.45, 2.75) is 19.8 Å². The Morgan fingerprint density at radius 1 is 1.50 bits per heavy atom. The van der Waals surface area contributed by atoms with Gasteiger partial charge < -0.3 is 16.0 Å². The second kappa shape index (κ2) is 8.35. The molecule has 1 aliphatic heterocycles. The third-order valence-corrected chi connectivity index (χ3v) is 3.65. The molecule has 3 N–H and O–H groups in total. The van der Waals surface area contributed by atoms with Crippen molar-refractivity contribution in [3.8, 4) is 0 Å². The van der Waals surface area contributed by atoms with Crippen LogP contribution in [0.2, 0.25) is 5.02 Å². The number of carbonyl (C=O) groups is 1. The quantitative estimate of drug-likeness (QED) is 0.802. The lowest BCUT2D eigenvalue weighted by Gasteiger charge is -2.23. The van der Waals surface area contributed by atoms with E-state index in [9.17, 15) is 4.79 Å². The Balaban J connectivity index is 0.00000200. The Kier molecular flexibility index (Phi) is 7.13. The Morgan fingerprint density at radius 2 is 2.30 bits per heavy atom. The first-order valence-electron chi connectivity index (χ1n) is 6.67. The monoisotopic (exact) mass is 317 g/mol. The van der Waals surface area contributed by atoms with Gasteiger partial charge in [0.25, 0.3) is 0 Å². The number of benzene rings is 1. The number of urea groups is 1. The topological polar surface area (TPSA) is 53.2 Å². The number of aryl methyl sites for hydroxylation is 1. The van der Waals surface area contributed by atoms with Gasteiger partial charge in [-0.3, -0.25) is 0 Å². The maximum Gasteiger partial charge on any atom is 0.319 e. The number of halogens is 2. The molecule has 2 rings (SSSR count). The largest absolute Gasteiger partial charge is 0.338 e. The van der Waals surface area contributed by atoms with Crippen LogP contribution < -0.4 is 16.0 Å². The molecule has 1 atom stereocenters. The smallest absolute Gasteiger partial charge is 0.319 e. The van der Waals surface area contributed by atoms with E-state index >= 15 is 0 Å². The second-order valence-corrected chi connectivity index (χ2v) is 5.44. The zero-order chi connectivity index (χ0) is 13.7. The van der Waals surface area contributed by atoms with E-state index < -0.39 is 0 Å². The number of hydrogen-bond acceptors (Lipinski definition) is 2. The maximum absolute atomic E-state index is 11.8. The summed E-state index contributed by atoms with van der Waals surface area (Å²) in [6.07, 6.45) is 2.34. The second-order valence-electron chi connectivity index (χ2n) is 5.03. The van der Waals surface area contributed by atoms with Gasteiger partial charge in [0.2, 0.25) is 0 Å². The highest BCUT2D eigenvalue weighted by atomic mass is 35.5. The van der Waals surface area contributed by atoms with E-state index in [1.807, 2.05) is 19.1 Å². The fraction of sp³-hybridized carbons (Fsp3) is 0.500. The highest BCUT2D eigenvalue weighted by Crippen LogP contribution is 2.22. The molecule has 0 aromatic heterocycles. The van der Waals surface area contributed by atoms with Crippen LogP contribution in [-0.2, 0) is 0 Å². The number of nitrogens with one attached hydrogen (secondary N) is 3. The first kappa shape index (κ1) is 17.1. The predicted octanol–water partition coefficient (Wildman–Crippen LogP) is 3.19. The van der Waals surface area contributed by atoms with Crippen LogP contribution >= 0.6 is 24.0 Å². The molecule has 6 heteroatoms. The molecule has 1 aromatic rings. The lowest BCUT2D eigenvalue weighted by Crippen LogP contribution is -2.39. The molecule has 1 saturated heterocycles. The summed E-state index contributed by atoms with van der Waals surface area (Å²) in [5.41, 5.74) is 1.72. The first-order chi connectivity index (χ1) is 9.15. The van der Waals surface area contributed by atoms with Crippen LogP contribution in [0.5, 0.6) is 0 Å². The van der Waals surface area contributed by atoms with Gasteiger partial charge in [-0.05, 0) is 56.5 Å². The Bertz CT molecular complexity index is 448. The molecule has 0 radical (unpaired) electrons. The molecule has 112 valence electrons. The van der Waals surface area contributed by atoms with Crippen LogP contribution in [0.1, 0.15) is 18.4 Å². The van der Waals surface area contributed by atoms with Gasteiger partial charge in [0, 0.05) is 6.54 Å². The van der Waals surface area contributed by atoms with Crippen molar-refractivity contribution in [3.05, 3.63) is 28.8 Å². The Hall–Kier alpha value is -0.970. The van der Waals surface area contributed by atoms with E-state index in [0.717, 1.165) is 18.7 Å². The molecule has 1 aliphatic rings. The number of carbonyl (C=O) groups excluding carboxylic acids is 1. The highest BCUT2D eigenvalue weighted by molar-refractivity contribution is 6.33. The zero-order valence-electron chi connectivity index (χ0n) is 11.5. The summed E-state index contributed by atoms with van der Waals surface area (Å²) in [5.74, 6) is 0.521. The summed E-state index contributed by atoms with van der Waals surface area (Å²) in [7, 11) is 0. The van der Waals surface area contributed by atoms with E-state index in [-0.39, 0.29) is 18.4 Å². The maximum atomic E-state index is 11.8. The van der Waals surface area contributed by atoms with Crippen molar-refractivity contribution in [1.82, 2.24) is 10.6 Å². The van der Waals surface area contributed by atoms with Crippen molar-refractivity contribution in [1.29, 1.82) is 0 Å². The number of amides is 2. The minimum atomic E-state index is -0.196. The molecule has 0 spiro atoms. The molecule has 1 fully saturated rings. The first-order valence-corrected chi connectivity index (χ1v) is 7.04. The molecule has 0 unspecified atom stereocenters. The molecule has 20 heavy (non-hydrogen) atoms. The normalized spacial score (nSPS) is 18.0. The lowest BCUT2D eigenvalue weighted by atomic mass is 10.00. The standard InChI is InChI=1S/C14H20ClN3O.ClH/c1-10-4-5-12(15)13(7-10)18-14(19)17-9-11-3-2-6-16-8-11;/h4-5,7,11,16H,2-3,6,8-9H2,1H3,(H2,17,18,19);1H/t11-;/m1./s1. The highest BCUT2D eigenvalue weighted by Gasteiger charge is 2.14. The molecule has 0 bridgehead atoms. The summed E-state index contributed by atoms with van der Waals surface area (Å²) in [6, 6.07) is 5.37. The third kappa shape index (κ3) is 5.19. The third-order valence-electron chi connectivity index (χ3n) is 3.32. The predicted molar refractivity (Wildman–Crippen MR) is 86.1 cm³/mol. The molecule has 2 amide bonds. The van der Waals surface area contributed by atoms with Crippen molar-refractivity contribution in [2.24, 2.45) is 5.92 Å². The van der Waals surface area contributed by atoms with Crippen LogP contribution in [0, 0.1) is 12.8 Å². The van der Waals surface area contributed by atoms with Gasteiger partial charge in [0.1, 0.15) is 0 Å². The van der Waals surface area contributed by atoms with Crippen LogP contribution in [0.4, 0.5) is 10.5 Å². The molecule has 1 aromatic carbocycles. The average molecular weight is 318 g/mol. The van der Waals surface area contributed by atoms with E-state index in [1.54, 1.807) is 6.07 Å². The molecule has 0 saturated carbocycles. The van der Waals surface area contributed by atoms with E-state index in [2.05, 4.69) is 16.0 Å². The molecule has 0 aliphatic carbocycles. The number of rotatable bonds is 3. The van der Waals surface area contributed by atoms with Crippen molar-refractivity contribution in [3.63, 3.8) is 0 Å². The van der Waals surface area contributed by atoms with Crippen molar-refractivity contribution in [2.75, 3.05) is 25.0 Å². The SMILES string of the molecule is Cc1ccc(Cl)c(NC(=O)NC[C@@H]2CCCNC2)c1.Cl. The molecule has 4 nitrogen and oxygen atoms in total. The van der Waals surface area contributed by atoms with Gasteiger partial charge >= 0.3 is 6.03 Å².